The van der Waals surface area contributed by atoms with Crippen molar-refractivity contribution in [3.8, 4) is 0 Å². The molecule has 2 aromatic heterocycles. The van der Waals surface area contributed by atoms with Crippen molar-refractivity contribution >= 4 is 35.2 Å². The molecule has 12 nitrogen and oxygen atoms in total. The van der Waals surface area contributed by atoms with E-state index in [9.17, 15) is 24.3 Å². The lowest BCUT2D eigenvalue weighted by Crippen LogP contribution is -2.46. The van der Waals surface area contributed by atoms with Gasteiger partial charge in [-0.05, 0) is 50.5 Å². The molecule has 0 spiro atoms. The van der Waals surface area contributed by atoms with Gasteiger partial charge >= 0.3 is 0 Å². The van der Waals surface area contributed by atoms with Crippen LogP contribution in [0.1, 0.15) is 78.1 Å². The summed E-state index contributed by atoms with van der Waals surface area (Å²) in [6.07, 6.45) is 6.44. The highest BCUT2D eigenvalue weighted by Crippen LogP contribution is 2.26. The largest absolute Gasteiger partial charge is 0.396 e. The minimum atomic E-state index is -0.321. The predicted octanol–water partition coefficient (Wildman–Crippen LogP) is 1.83. The van der Waals surface area contributed by atoms with Crippen LogP contribution >= 0.6 is 11.6 Å². The first kappa shape index (κ1) is 32.4. The van der Waals surface area contributed by atoms with Crippen LogP contribution in [0.5, 0.6) is 0 Å². The Kier molecular flexibility index (Phi) is 11.5. The summed E-state index contributed by atoms with van der Waals surface area (Å²) < 4.78 is 1.93. The molecule has 1 atom stereocenters. The van der Waals surface area contributed by atoms with E-state index in [1.165, 1.54) is 23.4 Å². The highest BCUT2D eigenvalue weighted by atomic mass is 35.5. The Morgan fingerprint density at radius 2 is 1.98 bits per heavy atom. The van der Waals surface area contributed by atoms with E-state index in [0.29, 0.717) is 60.8 Å². The number of carbonyl (C=O) groups is 4. The van der Waals surface area contributed by atoms with Crippen LogP contribution in [0.15, 0.2) is 18.5 Å². The lowest BCUT2D eigenvalue weighted by molar-refractivity contribution is -0.136. The van der Waals surface area contributed by atoms with Crippen molar-refractivity contribution < 1.29 is 24.3 Å². The number of aliphatic hydroxyl groups is 1. The first-order chi connectivity index (χ1) is 20.7. The molecular formula is C30H42ClN7O5. The number of aliphatic hydroxyl groups excluding tert-OH is 1. The third-order valence-corrected chi connectivity index (χ3v) is 8.05. The molecule has 0 fully saturated rings. The average molecular weight is 616 g/mol. The normalized spacial score (nSPS) is 18.8. The monoisotopic (exact) mass is 615 g/mol. The number of rotatable bonds is 7. The van der Waals surface area contributed by atoms with Crippen molar-refractivity contribution in [2.75, 3.05) is 39.3 Å². The van der Waals surface area contributed by atoms with Crippen LogP contribution in [0.2, 0.25) is 5.02 Å². The van der Waals surface area contributed by atoms with Crippen molar-refractivity contribution in [1.29, 1.82) is 0 Å². The molecule has 4 rings (SSSR count). The van der Waals surface area contributed by atoms with E-state index in [1.54, 1.807) is 4.90 Å². The molecule has 3 heterocycles. The van der Waals surface area contributed by atoms with Gasteiger partial charge in [0, 0.05) is 75.4 Å². The SMILES string of the molecule is CC(C)CCn1nc2c3c1CCC(C3)NC(=O)CN(CCCO)C(=O)CCCN(C(=O)c1cncc(Cl)c1)CCNC2=O. The number of nitrogens with one attached hydrogen (secondary N) is 2. The van der Waals surface area contributed by atoms with Crippen LogP contribution in [-0.4, -0.2) is 98.7 Å². The van der Waals surface area contributed by atoms with Gasteiger partial charge < -0.3 is 25.5 Å². The van der Waals surface area contributed by atoms with Gasteiger partial charge in [-0.15, -0.1) is 0 Å². The van der Waals surface area contributed by atoms with Gasteiger partial charge in [-0.1, -0.05) is 25.4 Å². The maximum atomic E-state index is 13.5. The number of nitrogens with zero attached hydrogens (tertiary/aromatic N) is 5. The molecule has 0 radical (unpaired) electrons. The van der Waals surface area contributed by atoms with Gasteiger partial charge in [-0.3, -0.25) is 28.8 Å². The molecule has 1 aliphatic carbocycles. The second-order valence-electron chi connectivity index (χ2n) is 11.6. The molecule has 2 bridgehead atoms. The summed E-state index contributed by atoms with van der Waals surface area (Å²) in [6, 6.07) is 1.34. The van der Waals surface area contributed by atoms with Gasteiger partial charge in [0.1, 0.15) is 0 Å². The van der Waals surface area contributed by atoms with Crippen molar-refractivity contribution in [2.45, 2.75) is 71.4 Å². The lowest BCUT2D eigenvalue weighted by atomic mass is 9.91. The molecule has 43 heavy (non-hydrogen) atoms. The summed E-state index contributed by atoms with van der Waals surface area (Å²) in [5.74, 6) is -0.673. The molecule has 13 heteroatoms. The maximum Gasteiger partial charge on any atom is 0.272 e. The minimum Gasteiger partial charge on any atom is -0.396 e. The quantitative estimate of drug-likeness (QED) is 0.430. The van der Waals surface area contributed by atoms with E-state index in [-0.39, 0.29) is 75.4 Å². The van der Waals surface area contributed by atoms with E-state index in [4.69, 9.17) is 16.7 Å². The smallest absolute Gasteiger partial charge is 0.272 e. The third-order valence-electron chi connectivity index (χ3n) is 7.84. The molecule has 2 aromatic rings. The zero-order valence-electron chi connectivity index (χ0n) is 25.0. The van der Waals surface area contributed by atoms with Crippen molar-refractivity contribution in [2.24, 2.45) is 5.92 Å². The van der Waals surface area contributed by atoms with Gasteiger partial charge in [-0.25, -0.2) is 0 Å². The number of hydrogen-bond acceptors (Lipinski definition) is 7. The summed E-state index contributed by atoms with van der Waals surface area (Å²) in [5.41, 5.74) is 2.49. The topological polar surface area (TPSA) is 150 Å². The van der Waals surface area contributed by atoms with E-state index in [2.05, 4.69) is 29.5 Å². The molecule has 0 aromatic carbocycles. The minimum absolute atomic E-state index is 0.0998. The van der Waals surface area contributed by atoms with Gasteiger partial charge in [0.2, 0.25) is 11.8 Å². The maximum absolute atomic E-state index is 13.5. The number of aromatic nitrogens is 3. The summed E-state index contributed by atoms with van der Waals surface area (Å²) in [5, 5.41) is 20.4. The first-order valence-electron chi connectivity index (χ1n) is 15.1. The van der Waals surface area contributed by atoms with Gasteiger partial charge in [0.05, 0.1) is 17.1 Å². The van der Waals surface area contributed by atoms with E-state index >= 15 is 0 Å². The van der Waals surface area contributed by atoms with Crippen molar-refractivity contribution in [3.05, 3.63) is 46.0 Å². The van der Waals surface area contributed by atoms with Crippen LogP contribution in [0.25, 0.3) is 0 Å². The molecule has 3 N–H and O–H groups in total. The number of hydrogen-bond donors (Lipinski definition) is 3. The standard InChI is InChI=1S/C30H42ClN7O5/c1-20(2)8-12-38-25-7-6-23-16-24(25)28(35-38)29(42)33-9-13-36(30(43)21-15-22(31)18-32-17-21)10-3-5-27(41)37(11-4-14-39)19-26(40)34-23/h15,17-18,20,23,39H,3-14,16,19H2,1-2H3,(H,33,42)(H,34,40). The fourth-order valence-corrected chi connectivity index (χ4v) is 5.73. The molecule has 2 aliphatic rings. The van der Waals surface area contributed by atoms with Crippen LogP contribution in [0.4, 0.5) is 0 Å². The Labute approximate surface area is 257 Å². The summed E-state index contributed by atoms with van der Waals surface area (Å²) in [6.45, 7) is 5.64. The second kappa shape index (κ2) is 15.3. The number of halogens is 1. The fourth-order valence-electron chi connectivity index (χ4n) is 5.55. The highest BCUT2D eigenvalue weighted by Gasteiger charge is 2.31. The Hall–Kier alpha value is -3.51. The van der Waals surface area contributed by atoms with E-state index in [0.717, 1.165) is 17.7 Å². The Bertz CT molecular complexity index is 1310. The summed E-state index contributed by atoms with van der Waals surface area (Å²) in [4.78, 5) is 60.1. The van der Waals surface area contributed by atoms with Crippen LogP contribution in [0.3, 0.4) is 0 Å². The number of fused-ring (bicyclic) bond motifs is 1. The molecule has 4 amide bonds. The molecule has 0 saturated heterocycles. The van der Waals surface area contributed by atoms with E-state index < -0.39 is 0 Å². The Balaban J connectivity index is 1.61. The lowest BCUT2D eigenvalue weighted by Gasteiger charge is -2.27. The van der Waals surface area contributed by atoms with Crippen molar-refractivity contribution in [1.82, 2.24) is 35.2 Å². The summed E-state index contributed by atoms with van der Waals surface area (Å²) in [7, 11) is 0. The van der Waals surface area contributed by atoms with Crippen LogP contribution in [0, 0.1) is 5.92 Å². The molecule has 234 valence electrons. The van der Waals surface area contributed by atoms with Crippen LogP contribution < -0.4 is 10.6 Å². The molecule has 1 unspecified atom stereocenters. The zero-order valence-corrected chi connectivity index (χ0v) is 25.7. The van der Waals surface area contributed by atoms with Crippen molar-refractivity contribution in [3.63, 3.8) is 0 Å². The molecule has 1 aliphatic heterocycles. The Morgan fingerprint density at radius 3 is 2.72 bits per heavy atom. The van der Waals surface area contributed by atoms with Gasteiger partial charge in [0.15, 0.2) is 5.69 Å². The first-order valence-corrected chi connectivity index (χ1v) is 15.5. The number of pyridine rings is 1. The highest BCUT2D eigenvalue weighted by molar-refractivity contribution is 6.30. The van der Waals surface area contributed by atoms with E-state index in [1.807, 2.05) is 4.68 Å². The van der Waals surface area contributed by atoms with Crippen LogP contribution in [-0.2, 0) is 29.0 Å². The fraction of sp³-hybridized carbons (Fsp3) is 0.600. The second-order valence-corrected chi connectivity index (χ2v) is 12.1. The number of aryl methyl sites for hydroxylation is 1. The molecule has 0 saturated carbocycles. The zero-order chi connectivity index (χ0) is 30.9. The summed E-state index contributed by atoms with van der Waals surface area (Å²) >= 11 is 6.07. The Morgan fingerprint density at radius 1 is 1.16 bits per heavy atom. The van der Waals surface area contributed by atoms with Gasteiger partial charge in [0.25, 0.3) is 11.8 Å². The number of amides is 4. The molecular weight excluding hydrogens is 574 g/mol. The average Bonchev–Trinajstić information content (AvgIpc) is 3.34. The predicted molar refractivity (Wildman–Crippen MR) is 161 cm³/mol. The third kappa shape index (κ3) is 8.76. The number of carbonyl (C=O) groups excluding carboxylic acids is 4. The van der Waals surface area contributed by atoms with Gasteiger partial charge in [-0.2, -0.15) is 5.10 Å².